The van der Waals surface area contributed by atoms with E-state index >= 15 is 0 Å². The highest BCUT2D eigenvalue weighted by Crippen LogP contribution is 2.35. The zero-order valence-corrected chi connectivity index (χ0v) is 13.8. The van der Waals surface area contributed by atoms with Crippen LogP contribution in [0.25, 0.3) is 10.4 Å². The number of hydrogen-bond donors (Lipinski definition) is 1. The van der Waals surface area contributed by atoms with Gasteiger partial charge in [-0.2, -0.15) is 0 Å². The molecule has 0 aliphatic heterocycles. The van der Waals surface area contributed by atoms with Crippen molar-refractivity contribution < 1.29 is 9.47 Å². The quantitative estimate of drug-likeness (QED) is 0.804. The van der Waals surface area contributed by atoms with Crippen molar-refractivity contribution in [3.63, 3.8) is 0 Å². The van der Waals surface area contributed by atoms with Crippen LogP contribution in [-0.4, -0.2) is 18.7 Å². The van der Waals surface area contributed by atoms with E-state index < -0.39 is 0 Å². The molecule has 2 rings (SSSR count). The van der Waals surface area contributed by atoms with Crippen LogP contribution in [0.15, 0.2) is 18.2 Å². The zero-order valence-electron chi connectivity index (χ0n) is 12.1. The summed E-state index contributed by atoms with van der Waals surface area (Å²) in [5.74, 6) is 2.00. The summed E-state index contributed by atoms with van der Waals surface area (Å²) in [6.45, 7) is 6.94. The summed E-state index contributed by atoms with van der Waals surface area (Å²) < 4.78 is 12.0. The number of aromatic nitrogens is 1. The number of aromatic amines is 1. The largest absolute Gasteiger partial charge is 0.493 e. The molecule has 1 aromatic carbocycles. The van der Waals surface area contributed by atoms with Crippen molar-refractivity contribution in [3.05, 3.63) is 27.8 Å². The third-order valence-electron chi connectivity index (χ3n) is 2.82. The number of rotatable bonds is 5. The molecule has 1 aromatic heterocycles. The van der Waals surface area contributed by atoms with E-state index in [9.17, 15) is 0 Å². The van der Waals surface area contributed by atoms with Crippen LogP contribution in [0.4, 0.5) is 0 Å². The lowest BCUT2D eigenvalue weighted by molar-refractivity contribution is 0.257. The third kappa shape index (κ3) is 3.41. The van der Waals surface area contributed by atoms with Gasteiger partial charge in [-0.05, 0) is 48.8 Å². The van der Waals surface area contributed by atoms with Gasteiger partial charge in [-0.25, -0.2) is 0 Å². The highest BCUT2D eigenvalue weighted by atomic mass is 32.1. The number of aryl methyl sites for hydroxylation is 1. The van der Waals surface area contributed by atoms with E-state index in [-0.39, 0.29) is 0 Å². The number of benzene rings is 1. The van der Waals surface area contributed by atoms with Gasteiger partial charge in [-0.1, -0.05) is 13.8 Å². The van der Waals surface area contributed by atoms with E-state index in [0.717, 1.165) is 31.6 Å². The van der Waals surface area contributed by atoms with Crippen LogP contribution in [0.3, 0.4) is 0 Å². The predicted molar refractivity (Wildman–Crippen MR) is 86.6 cm³/mol. The van der Waals surface area contributed by atoms with E-state index in [1.54, 1.807) is 18.4 Å². The van der Waals surface area contributed by atoms with E-state index in [1.165, 1.54) is 0 Å². The van der Waals surface area contributed by atoms with Crippen LogP contribution in [0.1, 0.15) is 19.5 Å². The molecule has 0 saturated carbocycles. The minimum atomic E-state index is 0.472. The normalized spacial score (nSPS) is 10.8. The fourth-order valence-electron chi connectivity index (χ4n) is 1.87. The van der Waals surface area contributed by atoms with Gasteiger partial charge >= 0.3 is 0 Å². The fourth-order valence-corrected chi connectivity index (χ4v) is 3.11. The van der Waals surface area contributed by atoms with E-state index in [4.69, 9.17) is 21.7 Å². The van der Waals surface area contributed by atoms with Gasteiger partial charge in [0.1, 0.15) is 0 Å². The Hall–Kier alpha value is -1.33. The average Bonchev–Trinajstić information content (AvgIpc) is 2.75. The average molecular weight is 309 g/mol. The number of H-pyrrole nitrogens is 1. The Balaban J connectivity index is 2.38. The minimum absolute atomic E-state index is 0.472. The lowest BCUT2D eigenvalue weighted by atomic mass is 10.1. The fraction of sp³-hybridized carbons (Fsp3) is 0.400. The van der Waals surface area contributed by atoms with Crippen molar-refractivity contribution in [3.8, 4) is 21.9 Å². The number of nitrogens with one attached hydrogen (secondary N) is 1. The number of methoxy groups -OCH3 is 1. The van der Waals surface area contributed by atoms with Crippen LogP contribution < -0.4 is 9.47 Å². The minimum Gasteiger partial charge on any atom is -0.493 e. The Kier molecular flexibility index (Phi) is 4.83. The molecule has 0 aliphatic carbocycles. The summed E-state index contributed by atoms with van der Waals surface area (Å²) >= 11 is 6.77. The first-order valence-electron chi connectivity index (χ1n) is 6.52. The molecule has 0 unspecified atom stereocenters. The summed E-state index contributed by atoms with van der Waals surface area (Å²) in [6, 6.07) is 5.98. The molecule has 0 spiro atoms. The van der Waals surface area contributed by atoms with Crippen LogP contribution >= 0.6 is 23.6 Å². The molecule has 1 N–H and O–H groups in total. The highest BCUT2D eigenvalue weighted by molar-refractivity contribution is 7.73. The van der Waals surface area contributed by atoms with Gasteiger partial charge in [0.25, 0.3) is 0 Å². The van der Waals surface area contributed by atoms with Gasteiger partial charge in [0, 0.05) is 5.69 Å². The summed E-state index contributed by atoms with van der Waals surface area (Å²) in [7, 11) is 1.66. The van der Waals surface area contributed by atoms with Gasteiger partial charge < -0.3 is 14.5 Å². The summed E-state index contributed by atoms with van der Waals surface area (Å²) in [6.07, 6.45) is 0. The van der Waals surface area contributed by atoms with Crippen LogP contribution in [0.2, 0.25) is 0 Å². The summed E-state index contributed by atoms with van der Waals surface area (Å²) in [5, 5.41) is 0. The maximum Gasteiger partial charge on any atom is 0.161 e. The second-order valence-corrected chi connectivity index (χ2v) is 6.73. The number of hydrogen-bond acceptors (Lipinski definition) is 4. The Morgan fingerprint density at radius 1 is 1.30 bits per heavy atom. The Bertz CT molecular complexity index is 644. The Labute approximate surface area is 128 Å². The molecule has 0 atom stereocenters. The van der Waals surface area contributed by atoms with E-state index in [1.807, 2.05) is 25.1 Å². The van der Waals surface area contributed by atoms with Crippen LogP contribution in [0.5, 0.6) is 11.5 Å². The van der Waals surface area contributed by atoms with Crippen molar-refractivity contribution in [2.45, 2.75) is 20.8 Å². The van der Waals surface area contributed by atoms with Crippen molar-refractivity contribution in [2.24, 2.45) is 5.92 Å². The first kappa shape index (κ1) is 15.1. The summed E-state index contributed by atoms with van der Waals surface area (Å²) in [5.41, 5.74) is 2.18. The monoisotopic (exact) mass is 309 g/mol. The van der Waals surface area contributed by atoms with Crippen molar-refractivity contribution >= 4 is 23.6 Å². The molecule has 1 heterocycles. The molecule has 0 aliphatic rings. The topological polar surface area (TPSA) is 34.2 Å². The smallest absolute Gasteiger partial charge is 0.161 e. The first-order valence-corrected chi connectivity index (χ1v) is 7.74. The van der Waals surface area contributed by atoms with Gasteiger partial charge in [0.05, 0.1) is 18.6 Å². The molecular formula is C15H19NO2S2. The Morgan fingerprint density at radius 3 is 2.60 bits per heavy atom. The van der Waals surface area contributed by atoms with Crippen molar-refractivity contribution in [1.29, 1.82) is 0 Å². The molecule has 108 valence electrons. The lowest BCUT2D eigenvalue weighted by Gasteiger charge is -2.13. The molecule has 0 fully saturated rings. The molecule has 20 heavy (non-hydrogen) atoms. The Morgan fingerprint density at radius 2 is 2.05 bits per heavy atom. The third-order valence-corrected chi connectivity index (χ3v) is 4.21. The van der Waals surface area contributed by atoms with Crippen molar-refractivity contribution in [2.75, 3.05) is 13.7 Å². The molecule has 0 radical (unpaired) electrons. The van der Waals surface area contributed by atoms with E-state index in [0.29, 0.717) is 12.5 Å². The highest BCUT2D eigenvalue weighted by Gasteiger charge is 2.11. The lowest BCUT2D eigenvalue weighted by Crippen LogP contribution is -2.05. The van der Waals surface area contributed by atoms with Crippen LogP contribution in [0, 0.1) is 16.8 Å². The molecule has 2 aromatic rings. The maximum atomic E-state index is 5.84. The molecule has 0 saturated heterocycles. The number of ether oxygens (including phenoxy) is 2. The predicted octanol–water partition coefficient (Wildman–Crippen LogP) is 4.82. The van der Waals surface area contributed by atoms with Gasteiger partial charge in [0.15, 0.2) is 15.5 Å². The van der Waals surface area contributed by atoms with Gasteiger partial charge in [-0.3, -0.25) is 0 Å². The molecule has 3 nitrogen and oxygen atoms in total. The second kappa shape index (κ2) is 6.41. The van der Waals surface area contributed by atoms with Crippen molar-refractivity contribution in [1.82, 2.24) is 4.98 Å². The van der Waals surface area contributed by atoms with E-state index in [2.05, 4.69) is 18.8 Å². The molecule has 0 bridgehead atoms. The first-order chi connectivity index (χ1) is 9.51. The zero-order chi connectivity index (χ0) is 14.7. The summed E-state index contributed by atoms with van der Waals surface area (Å²) in [4.78, 5) is 4.31. The second-order valence-electron chi connectivity index (χ2n) is 5.04. The van der Waals surface area contributed by atoms with Gasteiger partial charge in [0.2, 0.25) is 0 Å². The number of thiazole rings is 1. The standard InChI is InChI=1S/C15H19NO2S2/c1-9(2)8-18-13-7-11(5-6-12(13)17-4)14-10(3)16-15(19)20-14/h5-7,9H,8H2,1-4H3,(H,16,19). The SMILES string of the molecule is COc1ccc(-c2sc(=S)[nH]c2C)cc1OCC(C)C. The maximum absolute atomic E-state index is 5.84. The van der Waals surface area contributed by atoms with Crippen LogP contribution in [-0.2, 0) is 0 Å². The molecule has 0 amide bonds. The molecule has 5 heteroatoms. The molecular weight excluding hydrogens is 290 g/mol. The van der Waals surface area contributed by atoms with Gasteiger partial charge in [-0.15, -0.1) is 11.3 Å².